The van der Waals surface area contributed by atoms with Gasteiger partial charge in [-0.25, -0.2) is 19.3 Å². The lowest BCUT2D eigenvalue weighted by atomic mass is 9.90. The van der Waals surface area contributed by atoms with Gasteiger partial charge in [-0.3, -0.25) is 4.79 Å². The Morgan fingerprint density at radius 3 is 2.82 bits per heavy atom. The van der Waals surface area contributed by atoms with Gasteiger partial charge in [0.1, 0.15) is 18.0 Å². The predicted octanol–water partition coefficient (Wildman–Crippen LogP) is 2.05. The Morgan fingerprint density at radius 2 is 2.03 bits per heavy atom. The molecule has 0 amide bonds. The number of nitrogen functional groups attached to an aromatic ring is 1. The number of carbonyl (C=O) groups is 1. The molecule has 12 heteroatoms. The molecule has 0 bridgehead atoms. The molecule has 4 N–H and O–H groups in total. The number of methoxy groups -OCH3 is 2. The molecule has 198 valence electrons. The summed E-state index contributed by atoms with van der Waals surface area (Å²) in [5.74, 6) is 0.251. The van der Waals surface area contributed by atoms with Crippen molar-refractivity contribution in [2.75, 3.05) is 26.5 Å². The number of hydrogen-bond donors (Lipinski definition) is 3. The molecule has 3 atom stereocenters. The first-order valence-corrected chi connectivity index (χ1v) is 12.1. The van der Waals surface area contributed by atoms with Crippen molar-refractivity contribution in [3.8, 4) is 17.1 Å². The maximum Gasteiger partial charge on any atom is 0.323 e. The second-order valence-corrected chi connectivity index (χ2v) is 9.07. The van der Waals surface area contributed by atoms with E-state index in [0.717, 1.165) is 5.56 Å². The molecule has 3 aromatic rings. The third-order valence-electron chi connectivity index (χ3n) is 6.60. The van der Waals surface area contributed by atoms with Crippen molar-refractivity contribution in [1.82, 2.24) is 25.6 Å². The summed E-state index contributed by atoms with van der Waals surface area (Å²) in [4.78, 5) is 31.0. The standard InChI is InChI=1S/C26H28FN7O4/c1-13-23-20(33-26(28)30-13)11-19(32-24(23)34-38-15-10-21(29-12-15)25(35)37-3)16-8-7-14(27)9-17(16)18-5-4-6-22(31-18)36-2/h4-9,15,19,21,29H,10-12H2,1-3H3,(H,32,34)(H2,28,30,33)/t15-,19-,21+/m1/s1. The molecule has 0 saturated carbocycles. The van der Waals surface area contributed by atoms with E-state index in [1.54, 1.807) is 24.3 Å². The Hall–Kier alpha value is -4.32. The number of ether oxygens (including phenoxy) is 2. The lowest BCUT2D eigenvalue weighted by Crippen LogP contribution is -2.38. The number of carbonyl (C=O) groups excluding carboxylic acids is 1. The quantitative estimate of drug-likeness (QED) is 0.325. The van der Waals surface area contributed by atoms with Gasteiger partial charge in [0.05, 0.1) is 42.9 Å². The molecule has 0 spiro atoms. The average molecular weight is 522 g/mol. The molecule has 0 radical (unpaired) electrons. The number of anilines is 1. The van der Waals surface area contributed by atoms with Crippen molar-refractivity contribution in [2.24, 2.45) is 5.16 Å². The number of nitrogens with two attached hydrogens (primary N) is 1. The number of rotatable bonds is 6. The van der Waals surface area contributed by atoms with E-state index in [0.29, 0.717) is 59.3 Å². The largest absolute Gasteiger partial charge is 0.481 e. The van der Waals surface area contributed by atoms with Crippen LogP contribution in [0, 0.1) is 12.7 Å². The zero-order valence-corrected chi connectivity index (χ0v) is 21.2. The number of hydrogen-bond acceptors (Lipinski definition) is 10. The molecule has 11 nitrogen and oxygen atoms in total. The first-order chi connectivity index (χ1) is 18.4. The lowest BCUT2D eigenvalue weighted by molar-refractivity contribution is -0.142. The third-order valence-corrected chi connectivity index (χ3v) is 6.60. The van der Waals surface area contributed by atoms with E-state index < -0.39 is 11.9 Å². The fourth-order valence-corrected chi connectivity index (χ4v) is 4.82. The summed E-state index contributed by atoms with van der Waals surface area (Å²) in [7, 11) is 2.88. The molecule has 1 saturated heterocycles. The van der Waals surface area contributed by atoms with Crippen LogP contribution in [0.4, 0.5) is 10.3 Å². The van der Waals surface area contributed by atoms with Crippen LogP contribution in [0.1, 0.15) is 35.0 Å². The molecule has 0 aliphatic carbocycles. The summed E-state index contributed by atoms with van der Waals surface area (Å²) in [5.41, 5.74) is 9.95. The van der Waals surface area contributed by atoms with Gasteiger partial charge in [-0.15, -0.1) is 0 Å². The van der Waals surface area contributed by atoms with Crippen molar-refractivity contribution in [3.63, 3.8) is 0 Å². The smallest absolute Gasteiger partial charge is 0.323 e. The van der Waals surface area contributed by atoms with E-state index in [2.05, 4.69) is 30.7 Å². The minimum absolute atomic E-state index is 0.150. The van der Waals surface area contributed by atoms with Gasteiger partial charge >= 0.3 is 5.97 Å². The number of benzene rings is 1. The minimum atomic E-state index is -0.452. The van der Waals surface area contributed by atoms with E-state index in [9.17, 15) is 9.18 Å². The Balaban J connectivity index is 1.51. The number of nitrogens with one attached hydrogen (secondary N) is 2. The number of amidine groups is 1. The lowest BCUT2D eigenvalue weighted by Gasteiger charge is -2.29. The van der Waals surface area contributed by atoms with Gasteiger partial charge in [0, 0.05) is 31.0 Å². The zero-order valence-electron chi connectivity index (χ0n) is 21.2. The second-order valence-electron chi connectivity index (χ2n) is 9.07. The highest BCUT2D eigenvalue weighted by Gasteiger charge is 2.33. The van der Waals surface area contributed by atoms with Crippen molar-refractivity contribution in [1.29, 1.82) is 0 Å². The van der Waals surface area contributed by atoms with Gasteiger partial charge in [-0.05, 0) is 30.7 Å². The number of nitrogens with zero attached hydrogens (tertiary/aromatic N) is 4. The first kappa shape index (κ1) is 25.3. The van der Waals surface area contributed by atoms with E-state index >= 15 is 0 Å². The number of aromatic nitrogens is 3. The summed E-state index contributed by atoms with van der Waals surface area (Å²) in [6, 6.07) is 9.08. The van der Waals surface area contributed by atoms with Crippen LogP contribution in [-0.4, -0.2) is 59.7 Å². The topological polar surface area (TPSA) is 146 Å². The molecule has 2 aromatic heterocycles. The van der Waals surface area contributed by atoms with Gasteiger partial charge in [-0.2, -0.15) is 0 Å². The molecule has 5 rings (SSSR count). The number of pyridine rings is 1. The summed E-state index contributed by atoms with van der Waals surface area (Å²) in [5, 5.41) is 10.9. The van der Waals surface area contributed by atoms with Gasteiger partial charge < -0.3 is 30.7 Å². The fraction of sp³-hybridized carbons (Fsp3) is 0.346. The second kappa shape index (κ2) is 10.6. The number of halogens is 1. The number of esters is 1. The molecule has 38 heavy (non-hydrogen) atoms. The summed E-state index contributed by atoms with van der Waals surface area (Å²) < 4.78 is 24.5. The SMILES string of the molecule is COC(=O)[C@@H]1C[C@@H](O/N=C2\N[C@@H](c3ccc(F)cc3-c3cccc(OC)n3)Cc3nc(N)nc(C)c32)CN1. The number of fused-ring (bicyclic) bond motifs is 1. The van der Waals surface area contributed by atoms with Crippen molar-refractivity contribution in [2.45, 2.75) is 38.0 Å². The molecular formula is C26H28FN7O4. The Labute approximate surface area is 218 Å². The van der Waals surface area contributed by atoms with Crippen LogP contribution >= 0.6 is 0 Å². The minimum Gasteiger partial charge on any atom is -0.481 e. The molecular weight excluding hydrogens is 493 g/mol. The average Bonchev–Trinajstić information content (AvgIpc) is 3.40. The molecule has 1 aromatic carbocycles. The van der Waals surface area contributed by atoms with Crippen LogP contribution in [-0.2, 0) is 20.8 Å². The van der Waals surface area contributed by atoms with E-state index in [1.165, 1.54) is 26.4 Å². The fourth-order valence-electron chi connectivity index (χ4n) is 4.82. The highest BCUT2D eigenvalue weighted by Crippen LogP contribution is 2.34. The van der Waals surface area contributed by atoms with Gasteiger partial charge in [0.2, 0.25) is 11.8 Å². The maximum atomic E-state index is 14.4. The van der Waals surface area contributed by atoms with Crippen molar-refractivity contribution >= 4 is 17.8 Å². The van der Waals surface area contributed by atoms with Crippen molar-refractivity contribution < 1.29 is 23.5 Å². The molecule has 4 heterocycles. The van der Waals surface area contributed by atoms with Crippen molar-refractivity contribution in [3.05, 3.63) is 64.7 Å². The van der Waals surface area contributed by atoms with E-state index in [-0.39, 0.29) is 24.1 Å². The third kappa shape index (κ3) is 5.07. The van der Waals surface area contributed by atoms with Crippen LogP contribution < -0.4 is 21.1 Å². The van der Waals surface area contributed by atoms with Gasteiger partial charge in [0.25, 0.3) is 0 Å². The van der Waals surface area contributed by atoms with Crippen LogP contribution in [0.5, 0.6) is 5.88 Å². The zero-order chi connectivity index (χ0) is 26.8. The Kier molecular flexibility index (Phi) is 7.05. The van der Waals surface area contributed by atoms with E-state index in [4.69, 9.17) is 20.0 Å². The monoisotopic (exact) mass is 521 g/mol. The van der Waals surface area contributed by atoms with Gasteiger partial charge in [-0.1, -0.05) is 17.3 Å². The van der Waals surface area contributed by atoms with Crippen LogP contribution in [0.3, 0.4) is 0 Å². The van der Waals surface area contributed by atoms with Crippen LogP contribution in [0.2, 0.25) is 0 Å². The number of oxime groups is 1. The normalized spacial score (nSPS) is 21.5. The summed E-state index contributed by atoms with van der Waals surface area (Å²) in [6.07, 6.45) is 0.523. The highest BCUT2D eigenvalue weighted by molar-refractivity contribution is 6.01. The van der Waals surface area contributed by atoms with Gasteiger partial charge in [0.15, 0.2) is 5.84 Å². The number of aryl methyl sites for hydroxylation is 1. The van der Waals surface area contributed by atoms with Crippen LogP contribution in [0.15, 0.2) is 41.6 Å². The van der Waals surface area contributed by atoms with E-state index in [1.807, 2.05) is 6.92 Å². The highest BCUT2D eigenvalue weighted by atomic mass is 19.1. The summed E-state index contributed by atoms with van der Waals surface area (Å²) in [6.45, 7) is 2.26. The van der Waals surface area contributed by atoms with Crippen LogP contribution in [0.25, 0.3) is 11.3 Å². The Morgan fingerprint density at radius 1 is 1.18 bits per heavy atom. The molecule has 2 aliphatic heterocycles. The predicted molar refractivity (Wildman–Crippen MR) is 137 cm³/mol. The Bertz CT molecular complexity index is 1400. The summed E-state index contributed by atoms with van der Waals surface area (Å²) >= 11 is 0. The molecule has 1 fully saturated rings. The molecule has 0 unspecified atom stereocenters. The molecule has 2 aliphatic rings. The maximum absolute atomic E-state index is 14.4. The first-order valence-electron chi connectivity index (χ1n) is 12.1.